The van der Waals surface area contributed by atoms with Crippen molar-refractivity contribution in [1.82, 2.24) is 5.32 Å². The molecule has 0 heterocycles. The molecule has 112 valence electrons. The zero-order valence-electron chi connectivity index (χ0n) is 11.9. The van der Waals surface area contributed by atoms with Crippen molar-refractivity contribution in [2.24, 2.45) is 0 Å². The summed E-state index contributed by atoms with van der Waals surface area (Å²) in [5.74, 6) is 0.883. The highest BCUT2D eigenvalue weighted by molar-refractivity contribution is 9.10. The number of ether oxygens (including phenoxy) is 1. The first-order chi connectivity index (χ1) is 9.29. The molecule has 1 amide bonds. The highest BCUT2D eigenvalue weighted by Gasteiger charge is 2.18. The third-order valence-corrected chi connectivity index (χ3v) is 4.95. The lowest BCUT2D eigenvalue weighted by Gasteiger charge is -2.17. The molecule has 1 atom stereocenters. The number of rotatable bonds is 6. The first kappa shape index (κ1) is 17.2. The topological polar surface area (TPSA) is 55.4 Å². The fourth-order valence-electron chi connectivity index (χ4n) is 1.32. The number of hydrogen-bond donors (Lipinski definition) is 1. The number of carbonyl (C=O) groups is 1. The molecule has 0 aliphatic rings. The van der Waals surface area contributed by atoms with Crippen molar-refractivity contribution in [3.8, 4) is 5.75 Å². The number of halogens is 1. The van der Waals surface area contributed by atoms with E-state index in [2.05, 4.69) is 21.2 Å². The van der Waals surface area contributed by atoms with Crippen molar-refractivity contribution in [1.29, 1.82) is 0 Å². The van der Waals surface area contributed by atoms with Gasteiger partial charge in [0.2, 0.25) is 0 Å². The summed E-state index contributed by atoms with van der Waals surface area (Å²) in [6.45, 7) is 6.11. The van der Waals surface area contributed by atoms with Crippen molar-refractivity contribution >= 4 is 32.6 Å². The second-order valence-corrected chi connectivity index (χ2v) is 8.49. The Morgan fingerprint density at radius 1 is 1.30 bits per heavy atom. The molecule has 0 saturated heterocycles. The van der Waals surface area contributed by atoms with Crippen LogP contribution in [0.3, 0.4) is 0 Å². The van der Waals surface area contributed by atoms with Gasteiger partial charge in [-0.25, -0.2) is 0 Å². The van der Waals surface area contributed by atoms with Crippen LogP contribution in [-0.2, 0) is 15.6 Å². The largest absolute Gasteiger partial charge is 0.484 e. The van der Waals surface area contributed by atoms with Crippen LogP contribution < -0.4 is 10.1 Å². The minimum Gasteiger partial charge on any atom is -0.484 e. The highest BCUT2D eigenvalue weighted by atomic mass is 79.9. The maximum absolute atomic E-state index is 11.8. The Bertz CT molecular complexity index is 468. The molecule has 0 radical (unpaired) electrons. The Kier molecular flexibility index (Phi) is 6.68. The zero-order chi connectivity index (χ0) is 15.2. The highest BCUT2D eigenvalue weighted by Crippen LogP contribution is 2.15. The van der Waals surface area contributed by atoms with Gasteiger partial charge in [0.15, 0.2) is 6.61 Å². The van der Waals surface area contributed by atoms with E-state index in [1.807, 2.05) is 32.9 Å². The number of nitrogens with one attached hydrogen (secondary N) is 1. The lowest BCUT2D eigenvalue weighted by molar-refractivity contribution is -0.122. The predicted molar refractivity (Wildman–Crippen MR) is 85.4 cm³/mol. The molecule has 0 saturated carbocycles. The van der Waals surface area contributed by atoms with Crippen molar-refractivity contribution in [3.63, 3.8) is 0 Å². The van der Waals surface area contributed by atoms with E-state index in [0.717, 1.165) is 4.47 Å². The van der Waals surface area contributed by atoms with Crippen LogP contribution in [0.25, 0.3) is 0 Å². The van der Waals surface area contributed by atoms with Crippen molar-refractivity contribution in [2.75, 3.05) is 18.9 Å². The van der Waals surface area contributed by atoms with Crippen molar-refractivity contribution in [2.45, 2.75) is 25.5 Å². The molecule has 6 heteroatoms. The van der Waals surface area contributed by atoms with Crippen LogP contribution in [0.5, 0.6) is 5.75 Å². The Morgan fingerprint density at radius 3 is 2.45 bits per heavy atom. The average molecular weight is 362 g/mol. The Morgan fingerprint density at radius 2 is 1.90 bits per heavy atom. The zero-order valence-corrected chi connectivity index (χ0v) is 14.3. The van der Waals surface area contributed by atoms with Gasteiger partial charge in [0, 0.05) is 32.3 Å². The summed E-state index contributed by atoms with van der Waals surface area (Å²) in [6.07, 6.45) is 0. The summed E-state index contributed by atoms with van der Waals surface area (Å²) < 4.78 is 17.8. The normalized spacial score (nSPS) is 12.8. The summed E-state index contributed by atoms with van der Waals surface area (Å²) in [4.78, 5) is 11.6. The molecule has 0 spiro atoms. The van der Waals surface area contributed by atoms with Gasteiger partial charge in [-0.1, -0.05) is 15.9 Å². The van der Waals surface area contributed by atoms with Gasteiger partial charge in [0.05, 0.1) is 0 Å². The van der Waals surface area contributed by atoms with E-state index < -0.39 is 10.8 Å². The summed E-state index contributed by atoms with van der Waals surface area (Å²) in [6, 6.07) is 7.26. The van der Waals surface area contributed by atoms with Gasteiger partial charge in [-0.3, -0.25) is 9.00 Å². The monoisotopic (exact) mass is 361 g/mol. The minimum atomic E-state index is -0.957. The molecule has 0 fully saturated rings. The first-order valence-corrected chi connectivity index (χ1v) is 8.44. The van der Waals surface area contributed by atoms with Crippen LogP contribution in [0.4, 0.5) is 0 Å². The SMILES string of the molecule is CC(C)(C)S(=O)CCNC(=O)COc1ccc(Br)cc1. The fourth-order valence-corrected chi connectivity index (χ4v) is 2.48. The van der Waals surface area contributed by atoms with Crippen LogP contribution in [0, 0.1) is 0 Å². The van der Waals surface area contributed by atoms with Gasteiger partial charge in [0.1, 0.15) is 5.75 Å². The smallest absolute Gasteiger partial charge is 0.257 e. The van der Waals surface area contributed by atoms with Crippen molar-refractivity contribution in [3.05, 3.63) is 28.7 Å². The Balaban J connectivity index is 2.24. The van der Waals surface area contributed by atoms with Gasteiger partial charge < -0.3 is 10.1 Å². The predicted octanol–water partition coefficient (Wildman–Crippen LogP) is 2.49. The Labute approximate surface area is 130 Å². The quantitative estimate of drug-likeness (QED) is 0.846. The molecule has 20 heavy (non-hydrogen) atoms. The molecule has 1 aromatic rings. The molecule has 0 bridgehead atoms. The van der Waals surface area contributed by atoms with E-state index in [-0.39, 0.29) is 17.3 Å². The van der Waals surface area contributed by atoms with E-state index in [1.165, 1.54) is 0 Å². The molecular formula is C14H20BrNO3S. The number of amides is 1. The van der Waals surface area contributed by atoms with E-state index in [9.17, 15) is 9.00 Å². The van der Waals surface area contributed by atoms with Gasteiger partial charge in [-0.2, -0.15) is 0 Å². The average Bonchev–Trinajstić information content (AvgIpc) is 2.37. The molecule has 1 N–H and O–H groups in total. The molecule has 0 aromatic heterocycles. The maximum Gasteiger partial charge on any atom is 0.257 e. The maximum atomic E-state index is 11.8. The molecule has 4 nitrogen and oxygen atoms in total. The standard InChI is InChI=1S/C14H20BrNO3S/c1-14(2,3)20(18)9-8-16-13(17)10-19-12-6-4-11(15)5-7-12/h4-7H,8-10H2,1-3H3,(H,16,17). The molecule has 1 aromatic carbocycles. The molecule has 1 unspecified atom stereocenters. The molecule has 0 aliphatic heterocycles. The third-order valence-electron chi connectivity index (χ3n) is 2.48. The van der Waals surface area contributed by atoms with Gasteiger partial charge in [-0.05, 0) is 45.0 Å². The molecular weight excluding hydrogens is 342 g/mol. The van der Waals surface area contributed by atoms with E-state index in [4.69, 9.17) is 4.74 Å². The van der Waals surface area contributed by atoms with E-state index in [0.29, 0.717) is 18.0 Å². The summed E-state index contributed by atoms with van der Waals surface area (Å²) in [5.41, 5.74) is 0. The second kappa shape index (κ2) is 7.78. The van der Waals surface area contributed by atoms with Crippen LogP contribution in [0.15, 0.2) is 28.7 Å². The minimum absolute atomic E-state index is 0.0379. The number of benzene rings is 1. The van der Waals surface area contributed by atoms with Crippen LogP contribution in [0.1, 0.15) is 20.8 Å². The second-order valence-electron chi connectivity index (χ2n) is 5.25. The van der Waals surface area contributed by atoms with Crippen LogP contribution >= 0.6 is 15.9 Å². The summed E-state index contributed by atoms with van der Waals surface area (Å²) in [5, 5.41) is 2.70. The number of carbonyl (C=O) groups excluding carboxylic acids is 1. The van der Waals surface area contributed by atoms with Gasteiger partial charge >= 0.3 is 0 Å². The summed E-state index contributed by atoms with van der Waals surface area (Å²) in [7, 11) is -0.957. The number of hydrogen-bond acceptors (Lipinski definition) is 3. The van der Waals surface area contributed by atoms with Crippen LogP contribution in [0.2, 0.25) is 0 Å². The lowest BCUT2D eigenvalue weighted by atomic mass is 10.3. The van der Waals surface area contributed by atoms with E-state index in [1.54, 1.807) is 12.1 Å². The molecule has 1 rings (SSSR count). The van der Waals surface area contributed by atoms with Gasteiger partial charge in [-0.15, -0.1) is 0 Å². The van der Waals surface area contributed by atoms with Crippen molar-refractivity contribution < 1.29 is 13.7 Å². The summed E-state index contributed by atoms with van der Waals surface area (Å²) >= 11 is 3.33. The third kappa shape index (κ3) is 6.52. The van der Waals surface area contributed by atoms with Crippen LogP contribution in [-0.4, -0.2) is 33.8 Å². The lowest BCUT2D eigenvalue weighted by Crippen LogP contribution is -2.35. The molecule has 0 aliphatic carbocycles. The first-order valence-electron chi connectivity index (χ1n) is 6.32. The Hall–Kier alpha value is -0.880. The van der Waals surface area contributed by atoms with Gasteiger partial charge in [0.25, 0.3) is 5.91 Å². The fraction of sp³-hybridized carbons (Fsp3) is 0.500. The van der Waals surface area contributed by atoms with E-state index >= 15 is 0 Å².